The molecule has 0 aromatic carbocycles. The first kappa shape index (κ1) is 23.9. The molecule has 0 aromatic rings. The quantitative estimate of drug-likeness (QED) is 0.149. The summed E-state index contributed by atoms with van der Waals surface area (Å²) in [6.07, 6.45) is 21.3. The second-order valence-corrected chi connectivity index (χ2v) is 8.45. The van der Waals surface area contributed by atoms with E-state index in [-0.39, 0.29) is 0 Å². The maximum absolute atomic E-state index is 6.03. The lowest BCUT2D eigenvalue weighted by Gasteiger charge is -2.33. The van der Waals surface area contributed by atoms with E-state index < -0.39 is 0 Å². The predicted molar refractivity (Wildman–Crippen MR) is 108 cm³/mol. The van der Waals surface area contributed by atoms with Gasteiger partial charge in [-0.3, -0.25) is 0 Å². The van der Waals surface area contributed by atoms with Crippen molar-refractivity contribution in [1.29, 1.82) is 0 Å². The van der Waals surface area contributed by atoms with Crippen molar-refractivity contribution >= 4 is 0 Å². The first-order valence-electron chi connectivity index (χ1n) is 10.9. The molecule has 0 bridgehead atoms. The number of quaternary nitrogens is 1. The van der Waals surface area contributed by atoms with Gasteiger partial charge in [0.05, 0.1) is 27.7 Å². The first-order valence-corrected chi connectivity index (χ1v) is 10.9. The summed E-state index contributed by atoms with van der Waals surface area (Å²) in [7, 11) is 6.66. The number of ether oxygens (including phenoxy) is 1. The molecule has 0 amide bonds. The molecule has 0 spiro atoms. The molecule has 0 aromatic heterocycles. The van der Waals surface area contributed by atoms with Crippen molar-refractivity contribution in [2.75, 3.05) is 27.7 Å². The van der Waals surface area contributed by atoms with Gasteiger partial charge in [-0.1, -0.05) is 97.3 Å². The molecule has 0 aliphatic carbocycles. The van der Waals surface area contributed by atoms with E-state index in [1.54, 1.807) is 0 Å². The monoisotopic (exact) mass is 342 g/mol. The SMILES string of the molecule is CCCCCCCCCCCCCCCCOC(CC)[N+](C)(C)C. The third-order valence-corrected chi connectivity index (χ3v) is 5.02. The van der Waals surface area contributed by atoms with Crippen LogP contribution in [-0.2, 0) is 4.74 Å². The molecule has 0 aliphatic rings. The van der Waals surface area contributed by atoms with Crippen LogP contribution in [0.5, 0.6) is 0 Å². The molecule has 0 saturated carbocycles. The Hall–Kier alpha value is -0.0800. The molecule has 0 saturated heterocycles. The summed E-state index contributed by atoms with van der Waals surface area (Å²) in [5, 5.41) is 0. The van der Waals surface area contributed by atoms with Gasteiger partial charge in [0.1, 0.15) is 0 Å². The number of hydrogen-bond donors (Lipinski definition) is 0. The number of hydrogen-bond acceptors (Lipinski definition) is 1. The van der Waals surface area contributed by atoms with Crippen molar-refractivity contribution < 1.29 is 9.22 Å². The van der Waals surface area contributed by atoms with Gasteiger partial charge >= 0.3 is 0 Å². The molecule has 0 aliphatic heterocycles. The molecule has 0 fully saturated rings. The van der Waals surface area contributed by atoms with E-state index >= 15 is 0 Å². The summed E-state index contributed by atoms with van der Waals surface area (Å²) < 4.78 is 6.95. The Kier molecular flexibility index (Phi) is 16.3. The zero-order valence-corrected chi connectivity index (χ0v) is 17.7. The molecule has 0 radical (unpaired) electrons. The molecule has 1 unspecified atom stereocenters. The normalized spacial score (nSPS) is 13.4. The first-order chi connectivity index (χ1) is 11.5. The van der Waals surface area contributed by atoms with Crippen LogP contribution >= 0.6 is 0 Å². The minimum atomic E-state index is 0.354. The van der Waals surface area contributed by atoms with Crippen molar-refractivity contribution in [2.45, 2.75) is 116 Å². The standard InChI is InChI=1S/C22H48NO/c1-6-8-9-10-11-12-13-14-15-16-17-18-19-20-21-24-22(7-2)23(3,4)5/h22H,6-21H2,1-5H3/q+1. The Morgan fingerprint density at radius 2 is 0.958 bits per heavy atom. The largest absolute Gasteiger partial charge is 0.329 e. The van der Waals surface area contributed by atoms with Gasteiger partial charge in [0.25, 0.3) is 0 Å². The predicted octanol–water partition coefficient (Wildman–Crippen LogP) is 6.93. The average Bonchev–Trinajstić information content (AvgIpc) is 2.53. The fourth-order valence-electron chi connectivity index (χ4n) is 3.41. The minimum absolute atomic E-state index is 0.354. The summed E-state index contributed by atoms with van der Waals surface area (Å²) in [6, 6.07) is 0. The maximum Gasteiger partial charge on any atom is 0.192 e. The van der Waals surface area contributed by atoms with Crippen LogP contribution in [0.25, 0.3) is 0 Å². The van der Waals surface area contributed by atoms with E-state index in [9.17, 15) is 0 Å². The molecule has 0 N–H and O–H groups in total. The molecule has 146 valence electrons. The summed E-state index contributed by atoms with van der Waals surface area (Å²) >= 11 is 0. The lowest BCUT2D eigenvalue weighted by molar-refractivity contribution is -0.920. The van der Waals surface area contributed by atoms with Crippen LogP contribution in [0.1, 0.15) is 110 Å². The minimum Gasteiger partial charge on any atom is -0.329 e. The van der Waals surface area contributed by atoms with Gasteiger partial charge < -0.3 is 9.22 Å². The highest BCUT2D eigenvalue weighted by atomic mass is 16.5. The Bertz CT molecular complexity index is 247. The van der Waals surface area contributed by atoms with E-state index in [1.807, 2.05) is 0 Å². The average molecular weight is 343 g/mol. The third-order valence-electron chi connectivity index (χ3n) is 5.02. The van der Waals surface area contributed by atoms with Gasteiger partial charge in [0, 0.05) is 6.42 Å². The van der Waals surface area contributed by atoms with Crippen molar-refractivity contribution in [3.05, 3.63) is 0 Å². The van der Waals surface area contributed by atoms with E-state index in [0.29, 0.717) is 6.23 Å². The fraction of sp³-hybridized carbons (Fsp3) is 1.00. The van der Waals surface area contributed by atoms with Crippen molar-refractivity contribution in [3.63, 3.8) is 0 Å². The highest BCUT2D eigenvalue weighted by Gasteiger charge is 2.21. The fourth-order valence-corrected chi connectivity index (χ4v) is 3.41. The Morgan fingerprint density at radius 1 is 0.583 bits per heavy atom. The molecule has 2 heteroatoms. The smallest absolute Gasteiger partial charge is 0.192 e. The Balaban J connectivity index is 3.20. The molecule has 0 heterocycles. The van der Waals surface area contributed by atoms with E-state index in [0.717, 1.165) is 17.5 Å². The molecular weight excluding hydrogens is 294 g/mol. The van der Waals surface area contributed by atoms with Crippen molar-refractivity contribution in [1.82, 2.24) is 0 Å². The van der Waals surface area contributed by atoms with Crippen LogP contribution in [0.3, 0.4) is 0 Å². The van der Waals surface area contributed by atoms with Crippen LogP contribution in [-0.4, -0.2) is 38.5 Å². The highest BCUT2D eigenvalue weighted by molar-refractivity contribution is 4.49. The second-order valence-electron chi connectivity index (χ2n) is 8.45. The summed E-state index contributed by atoms with van der Waals surface area (Å²) in [6.45, 7) is 5.45. The van der Waals surface area contributed by atoms with Crippen LogP contribution in [0.15, 0.2) is 0 Å². The lowest BCUT2D eigenvalue weighted by atomic mass is 10.0. The van der Waals surface area contributed by atoms with Crippen LogP contribution in [0, 0.1) is 0 Å². The number of unbranched alkanes of at least 4 members (excludes halogenated alkanes) is 13. The van der Waals surface area contributed by atoms with Gasteiger partial charge in [-0.15, -0.1) is 0 Å². The van der Waals surface area contributed by atoms with E-state index in [2.05, 4.69) is 35.0 Å². The highest BCUT2D eigenvalue weighted by Crippen LogP contribution is 2.14. The third kappa shape index (κ3) is 15.4. The molecule has 1 atom stereocenters. The van der Waals surface area contributed by atoms with E-state index in [1.165, 1.54) is 89.9 Å². The van der Waals surface area contributed by atoms with Crippen LogP contribution < -0.4 is 0 Å². The van der Waals surface area contributed by atoms with Gasteiger partial charge in [-0.05, 0) is 6.42 Å². The van der Waals surface area contributed by atoms with Crippen LogP contribution in [0.4, 0.5) is 0 Å². The molecule has 0 rings (SSSR count). The Morgan fingerprint density at radius 3 is 1.29 bits per heavy atom. The summed E-state index contributed by atoms with van der Waals surface area (Å²) in [5.41, 5.74) is 0. The van der Waals surface area contributed by atoms with Crippen molar-refractivity contribution in [2.24, 2.45) is 0 Å². The number of nitrogens with zero attached hydrogens (tertiary/aromatic N) is 1. The zero-order chi connectivity index (χ0) is 18.1. The van der Waals surface area contributed by atoms with E-state index in [4.69, 9.17) is 4.74 Å². The Labute approximate surface area is 153 Å². The van der Waals surface area contributed by atoms with Crippen LogP contribution in [0.2, 0.25) is 0 Å². The lowest BCUT2D eigenvalue weighted by Crippen LogP contribution is -2.46. The van der Waals surface area contributed by atoms with Gasteiger partial charge in [0.15, 0.2) is 6.23 Å². The zero-order valence-electron chi connectivity index (χ0n) is 17.7. The second kappa shape index (κ2) is 16.4. The molecule has 2 nitrogen and oxygen atoms in total. The molecular formula is C22H48NO+. The molecule has 24 heavy (non-hydrogen) atoms. The topological polar surface area (TPSA) is 9.23 Å². The van der Waals surface area contributed by atoms with Gasteiger partial charge in [0.2, 0.25) is 0 Å². The van der Waals surface area contributed by atoms with Crippen molar-refractivity contribution in [3.8, 4) is 0 Å². The maximum atomic E-state index is 6.03. The number of rotatable bonds is 18. The summed E-state index contributed by atoms with van der Waals surface area (Å²) in [5.74, 6) is 0. The van der Waals surface area contributed by atoms with Gasteiger partial charge in [-0.2, -0.15) is 0 Å². The summed E-state index contributed by atoms with van der Waals surface area (Å²) in [4.78, 5) is 0. The van der Waals surface area contributed by atoms with Gasteiger partial charge in [-0.25, -0.2) is 0 Å².